The maximum absolute atomic E-state index is 12.4. The summed E-state index contributed by atoms with van der Waals surface area (Å²) in [5, 5.41) is 3.76. The van der Waals surface area contributed by atoms with Gasteiger partial charge in [-0.3, -0.25) is 4.79 Å². The number of hydrogen-bond acceptors (Lipinski definition) is 3. The number of piperidine rings is 1. The third-order valence-corrected chi connectivity index (χ3v) is 3.94. The summed E-state index contributed by atoms with van der Waals surface area (Å²) in [6.07, 6.45) is 1.61. The Morgan fingerprint density at radius 1 is 1.50 bits per heavy atom. The molecule has 110 valence electrons. The summed E-state index contributed by atoms with van der Waals surface area (Å²) in [5.74, 6) is 0.571. The van der Waals surface area contributed by atoms with Crippen molar-refractivity contribution >= 4 is 17.5 Å². The van der Waals surface area contributed by atoms with Crippen molar-refractivity contribution in [2.24, 2.45) is 0 Å². The number of para-hydroxylation sites is 1. The molecule has 1 aliphatic heterocycles. The average molecular weight is 297 g/mol. The summed E-state index contributed by atoms with van der Waals surface area (Å²) in [6.45, 7) is 3.31. The van der Waals surface area contributed by atoms with E-state index in [1.807, 2.05) is 24.1 Å². The normalized spacial score (nSPS) is 20.6. The molecular formula is C15H21ClN2O2. The Hall–Kier alpha value is -1.26. The number of likely N-dealkylation sites (N-methyl/N-ethyl adjacent to an activating group) is 1. The molecule has 2 rings (SSSR count). The van der Waals surface area contributed by atoms with Crippen molar-refractivity contribution in [3.63, 3.8) is 0 Å². The molecule has 5 heteroatoms. The SMILES string of the molecule is CNC1CCCN(C(=O)C(C)Oc2ccccc2Cl)C1. The van der Waals surface area contributed by atoms with Crippen molar-refractivity contribution in [1.29, 1.82) is 0 Å². The zero-order chi connectivity index (χ0) is 14.5. The van der Waals surface area contributed by atoms with Crippen LogP contribution in [0.15, 0.2) is 24.3 Å². The molecule has 1 saturated heterocycles. The molecule has 4 nitrogen and oxygen atoms in total. The van der Waals surface area contributed by atoms with E-state index in [-0.39, 0.29) is 5.91 Å². The summed E-state index contributed by atoms with van der Waals surface area (Å²) >= 11 is 6.04. The number of halogens is 1. The summed E-state index contributed by atoms with van der Waals surface area (Å²) in [5.41, 5.74) is 0. The molecule has 1 aliphatic rings. The predicted octanol–water partition coefficient (Wildman–Crippen LogP) is 2.32. The topological polar surface area (TPSA) is 41.6 Å². The highest BCUT2D eigenvalue weighted by Gasteiger charge is 2.27. The van der Waals surface area contributed by atoms with Crippen molar-refractivity contribution in [3.05, 3.63) is 29.3 Å². The van der Waals surface area contributed by atoms with Crippen molar-refractivity contribution < 1.29 is 9.53 Å². The van der Waals surface area contributed by atoms with E-state index in [9.17, 15) is 4.79 Å². The van der Waals surface area contributed by atoms with Crippen LogP contribution in [0.4, 0.5) is 0 Å². The number of carbonyl (C=O) groups excluding carboxylic acids is 1. The van der Waals surface area contributed by atoms with Crippen molar-refractivity contribution in [2.45, 2.75) is 31.9 Å². The lowest BCUT2D eigenvalue weighted by Crippen LogP contribution is -2.50. The number of nitrogens with one attached hydrogen (secondary N) is 1. The van der Waals surface area contributed by atoms with Crippen LogP contribution in [0.2, 0.25) is 5.02 Å². The maximum atomic E-state index is 12.4. The zero-order valence-electron chi connectivity index (χ0n) is 11.9. The quantitative estimate of drug-likeness (QED) is 0.927. The van der Waals surface area contributed by atoms with Gasteiger partial charge in [-0.15, -0.1) is 0 Å². The smallest absolute Gasteiger partial charge is 0.263 e. The van der Waals surface area contributed by atoms with Gasteiger partial charge in [-0.25, -0.2) is 0 Å². The number of benzene rings is 1. The highest BCUT2D eigenvalue weighted by atomic mass is 35.5. The van der Waals surface area contributed by atoms with Gasteiger partial charge in [0.05, 0.1) is 5.02 Å². The Balaban J connectivity index is 1.96. The van der Waals surface area contributed by atoms with E-state index >= 15 is 0 Å². The fourth-order valence-electron chi connectivity index (χ4n) is 2.45. The molecule has 0 saturated carbocycles. The van der Waals surface area contributed by atoms with Crippen molar-refractivity contribution in [3.8, 4) is 5.75 Å². The van der Waals surface area contributed by atoms with Gasteiger partial charge in [0.2, 0.25) is 0 Å². The van der Waals surface area contributed by atoms with Gasteiger partial charge in [-0.05, 0) is 38.9 Å². The molecule has 1 aromatic rings. The molecule has 1 heterocycles. The van der Waals surface area contributed by atoms with Crippen molar-refractivity contribution in [1.82, 2.24) is 10.2 Å². The highest BCUT2D eigenvalue weighted by molar-refractivity contribution is 6.32. The summed E-state index contributed by atoms with van der Waals surface area (Å²) in [4.78, 5) is 14.3. The number of likely N-dealkylation sites (tertiary alicyclic amines) is 1. The minimum atomic E-state index is -0.523. The van der Waals surface area contributed by atoms with Gasteiger partial charge < -0.3 is 15.0 Å². The first-order valence-electron chi connectivity index (χ1n) is 6.99. The number of hydrogen-bond donors (Lipinski definition) is 1. The molecule has 20 heavy (non-hydrogen) atoms. The van der Waals surface area contributed by atoms with E-state index in [1.165, 1.54) is 0 Å². The Morgan fingerprint density at radius 3 is 2.95 bits per heavy atom. The molecule has 1 fully saturated rings. The predicted molar refractivity (Wildman–Crippen MR) is 80.2 cm³/mol. The zero-order valence-corrected chi connectivity index (χ0v) is 12.7. The van der Waals surface area contributed by atoms with E-state index < -0.39 is 6.10 Å². The lowest BCUT2D eigenvalue weighted by Gasteiger charge is -2.34. The Morgan fingerprint density at radius 2 is 2.25 bits per heavy atom. The van der Waals surface area contributed by atoms with E-state index in [2.05, 4.69) is 5.32 Å². The van der Waals surface area contributed by atoms with Crippen LogP contribution in [0, 0.1) is 0 Å². The van der Waals surface area contributed by atoms with Crippen LogP contribution in [0.1, 0.15) is 19.8 Å². The van der Waals surface area contributed by atoms with Crippen LogP contribution >= 0.6 is 11.6 Å². The number of amides is 1. The molecule has 0 aromatic heterocycles. The lowest BCUT2D eigenvalue weighted by molar-refractivity contribution is -0.139. The highest BCUT2D eigenvalue weighted by Crippen LogP contribution is 2.24. The Bertz CT molecular complexity index is 467. The minimum absolute atomic E-state index is 0.0184. The van der Waals surface area contributed by atoms with Gasteiger partial charge in [0.15, 0.2) is 6.10 Å². The minimum Gasteiger partial charge on any atom is -0.479 e. The van der Waals surface area contributed by atoms with E-state index in [4.69, 9.17) is 16.3 Å². The second-order valence-corrected chi connectivity index (χ2v) is 5.51. The molecule has 0 bridgehead atoms. The number of rotatable bonds is 4. The summed E-state index contributed by atoms with van der Waals surface area (Å²) in [6, 6.07) is 7.59. The number of nitrogens with zero attached hydrogens (tertiary/aromatic N) is 1. The summed E-state index contributed by atoms with van der Waals surface area (Å²) in [7, 11) is 1.93. The number of carbonyl (C=O) groups is 1. The first-order valence-corrected chi connectivity index (χ1v) is 7.37. The molecule has 0 spiro atoms. The Labute approximate surface area is 125 Å². The van der Waals surface area contributed by atoms with Crippen LogP contribution in [0.25, 0.3) is 0 Å². The molecule has 1 N–H and O–H groups in total. The second kappa shape index (κ2) is 6.95. The number of ether oxygens (including phenoxy) is 1. The van der Waals surface area contributed by atoms with Gasteiger partial charge in [-0.1, -0.05) is 23.7 Å². The Kier molecular flexibility index (Phi) is 5.26. The van der Waals surface area contributed by atoms with Gasteiger partial charge in [0.1, 0.15) is 5.75 Å². The second-order valence-electron chi connectivity index (χ2n) is 5.10. The molecule has 2 atom stereocenters. The molecule has 2 unspecified atom stereocenters. The summed E-state index contributed by atoms with van der Waals surface area (Å²) < 4.78 is 5.69. The van der Waals surface area contributed by atoms with Crippen molar-refractivity contribution in [2.75, 3.05) is 20.1 Å². The standard InChI is InChI=1S/C15H21ClN2O2/c1-11(20-14-8-4-3-7-13(14)16)15(19)18-9-5-6-12(10-18)17-2/h3-4,7-8,11-12,17H,5-6,9-10H2,1-2H3. The van der Waals surface area contributed by atoms with Gasteiger partial charge in [-0.2, -0.15) is 0 Å². The van der Waals surface area contributed by atoms with Gasteiger partial charge in [0, 0.05) is 19.1 Å². The van der Waals surface area contributed by atoms with Crippen LogP contribution in [-0.4, -0.2) is 43.1 Å². The van der Waals surface area contributed by atoms with E-state index in [1.54, 1.807) is 19.1 Å². The largest absolute Gasteiger partial charge is 0.479 e. The molecule has 0 aliphatic carbocycles. The van der Waals surface area contributed by atoms with E-state index in [0.29, 0.717) is 16.8 Å². The lowest BCUT2D eigenvalue weighted by atomic mass is 10.1. The first kappa shape index (κ1) is 15.1. The average Bonchev–Trinajstić information content (AvgIpc) is 2.48. The van der Waals surface area contributed by atoms with Crippen LogP contribution < -0.4 is 10.1 Å². The fourth-order valence-corrected chi connectivity index (χ4v) is 2.63. The third kappa shape index (κ3) is 3.64. The third-order valence-electron chi connectivity index (χ3n) is 3.63. The molecular weight excluding hydrogens is 276 g/mol. The van der Waals surface area contributed by atoms with Gasteiger partial charge in [0.25, 0.3) is 5.91 Å². The van der Waals surface area contributed by atoms with Crippen LogP contribution in [0.5, 0.6) is 5.75 Å². The molecule has 0 radical (unpaired) electrons. The molecule has 1 amide bonds. The monoisotopic (exact) mass is 296 g/mol. The maximum Gasteiger partial charge on any atom is 0.263 e. The first-order chi connectivity index (χ1) is 9.61. The van der Waals surface area contributed by atoms with Gasteiger partial charge >= 0.3 is 0 Å². The fraction of sp³-hybridized carbons (Fsp3) is 0.533. The van der Waals surface area contributed by atoms with Crippen LogP contribution in [-0.2, 0) is 4.79 Å². The van der Waals surface area contributed by atoms with E-state index in [0.717, 1.165) is 25.9 Å². The van der Waals surface area contributed by atoms with Crippen LogP contribution in [0.3, 0.4) is 0 Å². The molecule has 1 aromatic carbocycles.